The maximum absolute atomic E-state index is 9.07. The number of rotatable bonds is 4. The van der Waals surface area contributed by atoms with Gasteiger partial charge in [0.05, 0.1) is 0 Å². The molecule has 4 rings (SSSR count). The summed E-state index contributed by atoms with van der Waals surface area (Å²) >= 11 is 4.82. The summed E-state index contributed by atoms with van der Waals surface area (Å²) in [7, 11) is 0. The van der Waals surface area contributed by atoms with Crippen LogP contribution in [0.5, 0.6) is 0 Å². The first kappa shape index (κ1) is 17.4. The van der Waals surface area contributed by atoms with E-state index in [1.165, 1.54) is 11.8 Å². The third-order valence-corrected chi connectivity index (χ3v) is 5.08. The molecule has 0 radical (unpaired) electrons. The molecule has 4 aromatic rings. The van der Waals surface area contributed by atoms with Crippen LogP contribution in [0.25, 0.3) is 17.1 Å². The molecule has 8 heteroatoms. The molecule has 0 amide bonds. The molecule has 0 N–H and O–H groups in total. The van der Waals surface area contributed by atoms with E-state index in [2.05, 4.69) is 42.2 Å². The molecule has 6 nitrogen and oxygen atoms in total. The molecule has 0 aliphatic rings. The summed E-state index contributed by atoms with van der Waals surface area (Å²) in [5.41, 5.74) is 2.14. The summed E-state index contributed by atoms with van der Waals surface area (Å²) in [5, 5.41) is 19.1. The van der Waals surface area contributed by atoms with Gasteiger partial charge in [-0.3, -0.25) is 9.55 Å². The minimum atomic E-state index is 0.363. The Hall–Kier alpha value is -3.02. The Morgan fingerprint density at radius 3 is 2.59 bits per heavy atom. The van der Waals surface area contributed by atoms with Gasteiger partial charge in [-0.05, 0) is 60.3 Å². The van der Waals surface area contributed by atoms with Crippen LogP contribution in [0.3, 0.4) is 0 Å². The van der Waals surface area contributed by atoms with Gasteiger partial charge < -0.3 is 0 Å². The van der Waals surface area contributed by atoms with E-state index >= 15 is 0 Å². The lowest BCUT2D eigenvalue weighted by Crippen LogP contribution is -2.00. The predicted octanol–water partition coefficient (Wildman–Crippen LogP) is 4.51. The minimum Gasteiger partial charge on any atom is -0.270 e. The molecular formula is C19H11BrN6S. The Morgan fingerprint density at radius 1 is 1.00 bits per heavy atom. The topological polar surface area (TPSA) is 80.3 Å². The molecule has 0 spiro atoms. The maximum Gasteiger partial charge on any atom is 0.202 e. The van der Waals surface area contributed by atoms with Crippen LogP contribution >= 0.6 is 27.7 Å². The molecule has 0 unspecified atom stereocenters. The smallest absolute Gasteiger partial charge is 0.202 e. The third-order valence-electron chi connectivity index (χ3n) is 3.67. The van der Waals surface area contributed by atoms with E-state index in [4.69, 9.17) is 5.26 Å². The van der Waals surface area contributed by atoms with Crippen molar-refractivity contribution in [1.82, 2.24) is 24.7 Å². The van der Waals surface area contributed by atoms with Gasteiger partial charge in [-0.2, -0.15) is 5.26 Å². The van der Waals surface area contributed by atoms with Crippen molar-refractivity contribution in [2.45, 2.75) is 10.2 Å². The lowest BCUT2D eigenvalue weighted by Gasteiger charge is -2.10. The summed E-state index contributed by atoms with van der Waals surface area (Å²) in [6, 6.07) is 19.1. The van der Waals surface area contributed by atoms with Crippen LogP contribution in [0.4, 0.5) is 0 Å². The largest absolute Gasteiger partial charge is 0.270 e. The van der Waals surface area contributed by atoms with E-state index in [1.807, 2.05) is 47.0 Å². The molecule has 0 aliphatic carbocycles. The predicted molar refractivity (Wildman–Crippen MR) is 105 cm³/mol. The number of halogens is 1. The number of pyridine rings is 2. The lowest BCUT2D eigenvalue weighted by atomic mass is 10.2. The molecule has 3 heterocycles. The van der Waals surface area contributed by atoms with E-state index in [0.717, 1.165) is 15.7 Å². The lowest BCUT2D eigenvalue weighted by molar-refractivity contribution is 0.882. The highest BCUT2D eigenvalue weighted by atomic mass is 79.9. The molecule has 3 aromatic heterocycles. The summed E-state index contributed by atoms with van der Waals surface area (Å²) < 4.78 is 2.94. The van der Waals surface area contributed by atoms with Crippen LogP contribution in [-0.2, 0) is 0 Å². The molecule has 1 aromatic carbocycles. The van der Waals surface area contributed by atoms with E-state index in [9.17, 15) is 0 Å². The molecule has 0 fully saturated rings. The van der Waals surface area contributed by atoms with Crippen molar-refractivity contribution in [1.29, 1.82) is 5.26 Å². The SMILES string of the molecule is N#Cc1cccc(Sc2nnc(-c3cccnc3)n2-c2ccc(Br)cc2)n1. The average molecular weight is 435 g/mol. The third kappa shape index (κ3) is 3.74. The van der Waals surface area contributed by atoms with Crippen molar-refractivity contribution in [2.75, 3.05) is 0 Å². The van der Waals surface area contributed by atoms with E-state index in [1.54, 1.807) is 24.5 Å². The molecule has 0 saturated heterocycles. The molecule has 0 saturated carbocycles. The van der Waals surface area contributed by atoms with E-state index in [-0.39, 0.29) is 0 Å². The Kier molecular flexibility index (Phi) is 4.96. The van der Waals surface area contributed by atoms with Crippen LogP contribution in [-0.4, -0.2) is 24.7 Å². The number of nitrogens with zero attached hydrogens (tertiary/aromatic N) is 6. The Balaban J connectivity index is 1.83. The first-order chi connectivity index (χ1) is 13.2. The van der Waals surface area contributed by atoms with Crippen LogP contribution in [0.1, 0.15) is 5.69 Å². The maximum atomic E-state index is 9.07. The standard InChI is InChI=1S/C19H11BrN6S/c20-14-6-8-16(9-7-14)26-18(13-3-2-10-22-12-13)24-25-19(26)27-17-5-1-4-15(11-21)23-17/h1-10,12H. The summed E-state index contributed by atoms with van der Waals surface area (Å²) in [6.45, 7) is 0. The zero-order valence-corrected chi connectivity index (χ0v) is 16.2. The van der Waals surface area contributed by atoms with Crippen molar-refractivity contribution in [3.05, 3.63) is 77.2 Å². The second-order valence-corrected chi connectivity index (χ2v) is 7.34. The number of hydrogen-bond donors (Lipinski definition) is 0. The molecule has 0 aliphatic heterocycles. The number of aromatic nitrogens is 5. The Labute approximate surface area is 168 Å². The highest BCUT2D eigenvalue weighted by Crippen LogP contribution is 2.31. The monoisotopic (exact) mass is 434 g/mol. The normalized spacial score (nSPS) is 10.5. The van der Waals surface area contributed by atoms with Gasteiger partial charge in [0.1, 0.15) is 16.8 Å². The van der Waals surface area contributed by atoms with Gasteiger partial charge in [0.25, 0.3) is 0 Å². The van der Waals surface area contributed by atoms with Gasteiger partial charge in [-0.25, -0.2) is 4.98 Å². The van der Waals surface area contributed by atoms with Crippen molar-refractivity contribution >= 4 is 27.7 Å². The fourth-order valence-electron chi connectivity index (χ4n) is 2.47. The average Bonchev–Trinajstić information content (AvgIpc) is 3.13. The molecule has 0 atom stereocenters. The van der Waals surface area contributed by atoms with Crippen molar-refractivity contribution in [3.8, 4) is 23.1 Å². The van der Waals surface area contributed by atoms with Crippen LogP contribution in [0.2, 0.25) is 0 Å². The minimum absolute atomic E-state index is 0.363. The summed E-state index contributed by atoms with van der Waals surface area (Å²) in [5.74, 6) is 0.685. The number of benzene rings is 1. The summed E-state index contributed by atoms with van der Waals surface area (Å²) in [4.78, 5) is 8.50. The summed E-state index contributed by atoms with van der Waals surface area (Å²) in [6.07, 6.45) is 3.47. The van der Waals surface area contributed by atoms with Gasteiger partial charge in [-0.15, -0.1) is 10.2 Å². The zero-order chi connectivity index (χ0) is 18.6. The van der Waals surface area contributed by atoms with Crippen molar-refractivity contribution in [2.24, 2.45) is 0 Å². The first-order valence-electron chi connectivity index (χ1n) is 7.91. The second kappa shape index (κ2) is 7.70. The Morgan fingerprint density at radius 2 is 1.85 bits per heavy atom. The number of nitriles is 1. The quantitative estimate of drug-likeness (QED) is 0.469. The highest BCUT2D eigenvalue weighted by Gasteiger charge is 2.17. The van der Waals surface area contributed by atoms with Gasteiger partial charge in [0.2, 0.25) is 5.16 Å². The molecular weight excluding hydrogens is 424 g/mol. The Bertz CT molecular complexity index is 1120. The highest BCUT2D eigenvalue weighted by molar-refractivity contribution is 9.10. The van der Waals surface area contributed by atoms with Gasteiger partial charge in [-0.1, -0.05) is 22.0 Å². The zero-order valence-electron chi connectivity index (χ0n) is 13.8. The van der Waals surface area contributed by atoms with Crippen LogP contribution in [0, 0.1) is 11.3 Å². The number of hydrogen-bond acceptors (Lipinski definition) is 6. The van der Waals surface area contributed by atoms with Gasteiger partial charge in [0, 0.05) is 28.1 Å². The van der Waals surface area contributed by atoms with Crippen molar-refractivity contribution in [3.63, 3.8) is 0 Å². The van der Waals surface area contributed by atoms with Crippen molar-refractivity contribution < 1.29 is 0 Å². The molecule has 0 bridgehead atoms. The van der Waals surface area contributed by atoms with E-state index < -0.39 is 0 Å². The molecule has 27 heavy (non-hydrogen) atoms. The fraction of sp³-hybridized carbons (Fsp3) is 0. The van der Waals surface area contributed by atoms with Crippen LogP contribution < -0.4 is 0 Å². The van der Waals surface area contributed by atoms with Crippen LogP contribution in [0.15, 0.2) is 81.6 Å². The van der Waals surface area contributed by atoms with Gasteiger partial charge in [0.15, 0.2) is 5.82 Å². The fourth-order valence-corrected chi connectivity index (χ4v) is 3.58. The van der Waals surface area contributed by atoms with Gasteiger partial charge >= 0.3 is 0 Å². The molecule has 130 valence electrons. The first-order valence-corrected chi connectivity index (χ1v) is 9.52. The van der Waals surface area contributed by atoms with E-state index in [0.29, 0.717) is 21.7 Å². The second-order valence-electron chi connectivity index (χ2n) is 5.43.